The smallest absolute Gasteiger partial charge is 0.251 e. The molecule has 7 heteroatoms. The molecule has 3 rings (SSSR count). The summed E-state index contributed by atoms with van der Waals surface area (Å²) < 4.78 is 27.1. The van der Waals surface area contributed by atoms with Crippen molar-refractivity contribution in [2.24, 2.45) is 0 Å². The van der Waals surface area contributed by atoms with E-state index in [-0.39, 0.29) is 22.9 Å². The first kappa shape index (κ1) is 20.5. The van der Waals surface area contributed by atoms with Gasteiger partial charge < -0.3 is 10.4 Å². The van der Waals surface area contributed by atoms with Gasteiger partial charge in [0.15, 0.2) is 0 Å². The molecule has 6 nitrogen and oxygen atoms in total. The zero-order chi connectivity index (χ0) is 20.4. The number of rotatable bonds is 5. The molecule has 1 aliphatic heterocycles. The molecule has 2 aromatic carbocycles. The van der Waals surface area contributed by atoms with Gasteiger partial charge in [-0.1, -0.05) is 36.4 Å². The predicted molar refractivity (Wildman–Crippen MR) is 107 cm³/mol. The van der Waals surface area contributed by atoms with Gasteiger partial charge in [-0.05, 0) is 50.5 Å². The van der Waals surface area contributed by atoms with Crippen molar-refractivity contribution in [1.82, 2.24) is 9.62 Å². The third-order valence-electron chi connectivity index (χ3n) is 5.01. The lowest BCUT2D eigenvalue weighted by Gasteiger charge is -2.29. The van der Waals surface area contributed by atoms with Crippen LogP contribution in [0.1, 0.15) is 42.6 Å². The topological polar surface area (TPSA) is 86.7 Å². The molecule has 1 aliphatic rings. The molecule has 0 radical (unpaired) electrons. The molecule has 1 fully saturated rings. The Morgan fingerprint density at radius 2 is 1.86 bits per heavy atom. The van der Waals surface area contributed by atoms with Gasteiger partial charge in [-0.3, -0.25) is 4.79 Å². The fraction of sp³-hybridized carbons (Fsp3) is 0.381. The lowest BCUT2D eigenvalue weighted by Crippen LogP contribution is -2.42. The summed E-state index contributed by atoms with van der Waals surface area (Å²) in [6, 6.07) is 15.6. The second-order valence-corrected chi connectivity index (χ2v) is 9.57. The van der Waals surface area contributed by atoms with Crippen LogP contribution < -0.4 is 5.32 Å². The minimum atomic E-state index is -3.75. The molecule has 1 unspecified atom stereocenters. The Bertz CT molecular complexity index is 942. The number of hydrogen-bond donors (Lipinski definition) is 2. The molecule has 150 valence electrons. The van der Waals surface area contributed by atoms with E-state index in [1.807, 2.05) is 44.2 Å². The van der Waals surface area contributed by atoms with Crippen LogP contribution in [0.25, 0.3) is 0 Å². The molecule has 1 atom stereocenters. The molecule has 28 heavy (non-hydrogen) atoms. The maximum absolute atomic E-state index is 12.9. The first-order valence-electron chi connectivity index (χ1n) is 9.36. The monoisotopic (exact) mass is 402 g/mol. The first-order valence-corrected chi connectivity index (χ1v) is 10.8. The Labute approximate surface area is 166 Å². The Hall–Kier alpha value is -2.22. The second kappa shape index (κ2) is 8.03. The van der Waals surface area contributed by atoms with E-state index in [0.717, 1.165) is 5.56 Å². The number of hydrogen-bond acceptors (Lipinski definition) is 4. The van der Waals surface area contributed by atoms with Crippen LogP contribution in [0.5, 0.6) is 0 Å². The minimum absolute atomic E-state index is 0.0618. The number of aliphatic hydroxyl groups excluding tert-OH is 1. The van der Waals surface area contributed by atoms with Crippen LogP contribution in [0.4, 0.5) is 0 Å². The number of carbonyl (C=O) groups is 1. The second-order valence-electron chi connectivity index (χ2n) is 7.63. The van der Waals surface area contributed by atoms with E-state index in [0.29, 0.717) is 19.4 Å². The largest absolute Gasteiger partial charge is 0.392 e. The number of piperidine rings is 1. The molecular weight excluding hydrogens is 376 g/mol. The number of aliphatic hydroxyl groups is 1. The first-order chi connectivity index (χ1) is 13.2. The predicted octanol–water partition coefficient (Wildman–Crippen LogP) is 2.50. The van der Waals surface area contributed by atoms with Crippen LogP contribution in [-0.2, 0) is 15.6 Å². The normalized spacial score (nSPS) is 18.6. The van der Waals surface area contributed by atoms with E-state index < -0.39 is 21.7 Å². The summed E-state index contributed by atoms with van der Waals surface area (Å²) in [4.78, 5) is 12.8. The van der Waals surface area contributed by atoms with Gasteiger partial charge in [-0.15, -0.1) is 0 Å². The molecule has 1 heterocycles. The number of β-amino-alcohol motifs (C(OH)–C–C–N with tert-alkyl or cyclic N) is 1. The lowest BCUT2D eigenvalue weighted by molar-refractivity contribution is 0.0911. The summed E-state index contributed by atoms with van der Waals surface area (Å²) in [6.45, 7) is 4.25. The van der Waals surface area contributed by atoms with Crippen LogP contribution in [0.3, 0.4) is 0 Å². The number of nitrogens with zero attached hydrogens (tertiary/aromatic N) is 1. The van der Waals surface area contributed by atoms with E-state index in [9.17, 15) is 18.3 Å². The molecule has 0 saturated carbocycles. The SMILES string of the molecule is CC(C)(NC(=O)c1cccc(S(=O)(=O)N2CCCC(O)C2)c1)c1ccccc1. The summed E-state index contributed by atoms with van der Waals surface area (Å²) in [5.41, 5.74) is 0.626. The third-order valence-corrected chi connectivity index (χ3v) is 6.88. The van der Waals surface area contributed by atoms with E-state index in [2.05, 4.69) is 5.32 Å². The molecular formula is C21H26N2O4S. The molecule has 1 amide bonds. The lowest BCUT2D eigenvalue weighted by atomic mass is 9.94. The van der Waals surface area contributed by atoms with E-state index in [1.54, 1.807) is 12.1 Å². The minimum Gasteiger partial charge on any atom is -0.392 e. The molecule has 0 spiro atoms. The number of carbonyl (C=O) groups excluding carboxylic acids is 1. The Balaban J connectivity index is 1.82. The quantitative estimate of drug-likeness (QED) is 0.805. The Kier molecular flexibility index (Phi) is 5.88. The summed E-state index contributed by atoms with van der Waals surface area (Å²) >= 11 is 0. The van der Waals surface area contributed by atoms with Crippen LogP contribution in [0.15, 0.2) is 59.5 Å². The van der Waals surface area contributed by atoms with Crippen molar-refractivity contribution in [2.75, 3.05) is 13.1 Å². The summed E-state index contributed by atoms with van der Waals surface area (Å²) in [5.74, 6) is -0.343. The zero-order valence-corrected chi connectivity index (χ0v) is 16.9. The van der Waals surface area contributed by atoms with Gasteiger partial charge in [0.25, 0.3) is 5.91 Å². The highest BCUT2D eigenvalue weighted by Gasteiger charge is 2.30. The van der Waals surface area contributed by atoms with E-state index in [4.69, 9.17) is 0 Å². The molecule has 2 N–H and O–H groups in total. The molecule has 0 aliphatic carbocycles. The van der Waals surface area contributed by atoms with Crippen molar-refractivity contribution in [3.05, 3.63) is 65.7 Å². The summed E-state index contributed by atoms with van der Waals surface area (Å²) in [5, 5.41) is 12.8. The van der Waals surface area contributed by atoms with Gasteiger partial charge in [0.05, 0.1) is 16.5 Å². The third kappa shape index (κ3) is 4.43. The van der Waals surface area contributed by atoms with Gasteiger partial charge in [-0.25, -0.2) is 8.42 Å². The fourth-order valence-corrected chi connectivity index (χ4v) is 4.93. The van der Waals surface area contributed by atoms with Gasteiger partial charge in [-0.2, -0.15) is 4.31 Å². The van der Waals surface area contributed by atoms with Crippen LogP contribution in [0, 0.1) is 0 Å². The standard InChI is InChI=1S/C21H26N2O4S/c1-21(2,17-9-4-3-5-10-17)22-20(25)16-8-6-12-19(14-16)28(26,27)23-13-7-11-18(24)15-23/h3-6,8-10,12,14,18,24H,7,11,13,15H2,1-2H3,(H,22,25). The van der Waals surface area contributed by atoms with E-state index >= 15 is 0 Å². The average molecular weight is 403 g/mol. The summed E-state index contributed by atoms with van der Waals surface area (Å²) in [7, 11) is -3.75. The van der Waals surface area contributed by atoms with Crippen LogP contribution >= 0.6 is 0 Å². The fourth-order valence-electron chi connectivity index (χ4n) is 3.37. The van der Waals surface area contributed by atoms with Crippen LogP contribution in [-0.4, -0.2) is 42.9 Å². The highest BCUT2D eigenvalue weighted by Crippen LogP contribution is 2.23. The number of nitrogens with one attached hydrogen (secondary N) is 1. The highest BCUT2D eigenvalue weighted by molar-refractivity contribution is 7.89. The van der Waals surface area contributed by atoms with E-state index in [1.165, 1.54) is 16.4 Å². The maximum atomic E-state index is 12.9. The number of sulfonamides is 1. The van der Waals surface area contributed by atoms with Gasteiger partial charge >= 0.3 is 0 Å². The van der Waals surface area contributed by atoms with Gasteiger partial charge in [0.2, 0.25) is 10.0 Å². The summed E-state index contributed by atoms with van der Waals surface area (Å²) in [6.07, 6.45) is 0.566. The highest BCUT2D eigenvalue weighted by atomic mass is 32.2. The maximum Gasteiger partial charge on any atom is 0.251 e. The average Bonchev–Trinajstić information content (AvgIpc) is 2.68. The van der Waals surface area contributed by atoms with Crippen molar-refractivity contribution in [2.45, 2.75) is 43.2 Å². The van der Waals surface area contributed by atoms with Gasteiger partial charge in [0.1, 0.15) is 0 Å². The number of benzene rings is 2. The Morgan fingerprint density at radius 3 is 2.54 bits per heavy atom. The Morgan fingerprint density at radius 1 is 1.14 bits per heavy atom. The van der Waals surface area contributed by atoms with Gasteiger partial charge in [0, 0.05) is 18.7 Å². The zero-order valence-electron chi connectivity index (χ0n) is 16.1. The number of amides is 1. The van der Waals surface area contributed by atoms with Crippen molar-refractivity contribution in [3.63, 3.8) is 0 Å². The van der Waals surface area contributed by atoms with Crippen molar-refractivity contribution < 1.29 is 18.3 Å². The molecule has 0 aromatic heterocycles. The van der Waals surface area contributed by atoms with Crippen molar-refractivity contribution in [1.29, 1.82) is 0 Å². The van der Waals surface area contributed by atoms with Crippen molar-refractivity contribution in [3.8, 4) is 0 Å². The van der Waals surface area contributed by atoms with Crippen LogP contribution in [0.2, 0.25) is 0 Å². The molecule has 2 aromatic rings. The van der Waals surface area contributed by atoms with Crippen molar-refractivity contribution >= 4 is 15.9 Å². The molecule has 0 bridgehead atoms. The molecule has 1 saturated heterocycles.